The first-order valence-electron chi connectivity index (χ1n) is 8.06. The predicted molar refractivity (Wildman–Crippen MR) is 102 cm³/mol. The molecular weight excluding hydrogens is 350 g/mol. The molecule has 0 saturated carbocycles. The first kappa shape index (κ1) is 17.9. The van der Waals surface area contributed by atoms with Crippen LogP contribution < -0.4 is 0 Å². The second-order valence-electron chi connectivity index (χ2n) is 6.30. The third-order valence-corrected chi connectivity index (χ3v) is 6.22. The molecule has 0 spiro atoms. The molecule has 0 saturated heterocycles. The Labute approximate surface area is 152 Å². The summed E-state index contributed by atoms with van der Waals surface area (Å²) >= 11 is 0. The van der Waals surface area contributed by atoms with Gasteiger partial charge in [0, 0.05) is 23.2 Å². The number of rotatable bonds is 4. The Kier molecular flexibility index (Phi) is 4.46. The number of carbonyl (C=O) groups is 1. The number of benzene rings is 2. The average molecular weight is 369 g/mol. The van der Waals surface area contributed by atoms with Crippen molar-refractivity contribution in [1.29, 1.82) is 0 Å². The molecule has 1 heterocycles. The van der Waals surface area contributed by atoms with Gasteiger partial charge in [0.2, 0.25) is 0 Å². The van der Waals surface area contributed by atoms with E-state index < -0.39 is 16.0 Å². The monoisotopic (exact) mass is 369 g/mol. The minimum atomic E-state index is -3.83. The van der Waals surface area contributed by atoms with E-state index in [4.69, 9.17) is 5.11 Å². The second-order valence-corrected chi connectivity index (χ2v) is 8.05. The lowest BCUT2D eigenvalue weighted by atomic mass is 10.1. The maximum Gasteiger partial charge on any atom is 0.328 e. The Morgan fingerprint density at radius 2 is 1.69 bits per heavy atom. The van der Waals surface area contributed by atoms with Gasteiger partial charge < -0.3 is 5.11 Å². The van der Waals surface area contributed by atoms with Crippen LogP contribution in [0.25, 0.3) is 17.0 Å². The second kappa shape index (κ2) is 6.46. The van der Waals surface area contributed by atoms with E-state index in [1.165, 1.54) is 16.2 Å². The zero-order valence-corrected chi connectivity index (χ0v) is 15.5. The molecule has 3 aromatic rings. The van der Waals surface area contributed by atoms with Crippen LogP contribution in [0.5, 0.6) is 0 Å². The van der Waals surface area contributed by atoms with Crippen molar-refractivity contribution in [2.45, 2.75) is 25.7 Å². The number of hydrogen-bond donors (Lipinski definition) is 1. The summed E-state index contributed by atoms with van der Waals surface area (Å²) < 4.78 is 28.0. The van der Waals surface area contributed by atoms with E-state index >= 15 is 0 Å². The SMILES string of the molecule is Cc1cc(C)c(S(=O)(=O)n2cc(C=CC(=O)O)c3ccccc32)c(C)c1. The molecule has 26 heavy (non-hydrogen) atoms. The highest BCUT2D eigenvalue weighted by molar-refractivity contribution is 7.90. The fraction of sp³-hybridized carbons (Fsp3) is 0.150. The van der Waals surface area contributed by atoms with Crippen LogP contribution in [0, 0.1) is 20.8 Å². The summed E-state index contributed by atoms with van der Waals surface area (Å²) in [5.74, 6) is -1.09. The van der Waals surface area contributed by atoms with Crippen molar-refractivity contribution in [2.75, 3.05) is 0 Å². The van der Waals surface area contributed by atoms with Gasteiger partial charge in [0.1, 0.15) is 0 Å². The lowest BCUT2D eigenvalue weighted by Gasteiger charge is -2.14. The third kappa shape index (κ3) is 3.04. The van der Waals surface area contributed by atoms with E-state index in [1.54, 1.807) is 38.1 Å². The summed E-state index contributed by atoms with van der Waals surface area (Å²) in [5, 5.41) is 9.56. The number of aryl methyl sites for hydroxylation is 3. The predicted octanol–water partition coefficient (Wildman–Crippen LogP) is 3.90. The molecule has 0 bridgehead atoms. The molecule has 0 atom stereocenters. The van der Waals surface area contributed by atoms with Gasteiger partial charge in [-0.15, -0.1) is 0 Å². The van der Waals surface area contributed by atoms with Crippen LogP contribution in [0.1, 0.15) is 22.3 Å². The topological polar surface area (TPSA) is 76.4 Å². The van der Waals surface area contributed by atoms with Crippen molar-refractivity contribution in [3.63, 3.8) is 0 Å². The van der Waals surface area contributed by atoms with Crippen LogP contribution in [0.4, 0.5) is 0 Å². The maximum atomic E-state index is 13.4. The van der Waals surface area contributed by atoms with Crippen LogP contribution in [-0.2, 0) is 14.8 Å². The molecule has 0 radical (unpaired) electrons. The van der Waals surface area contributed by atoms with Crippen LogP contribution in [0.3, 0.4) is 0 Å². The summed E-state index contributed by atoms with van der Waals surface area (Å²) in [5.41, 5.74) is 3.41. The summed E-state index contributed by atoms with van der Waals surface area (Å²) in [6, 6.07) is 10.7. The largest absolute Gasteiger partial charge is 0.478 e. The minimum Gasteiger partial charge on any atom is -0.478 e. The summed E-state index contributed by atoms with van der Waals surface area (Å²) in [6.07, 6.45) is 3.88. The lowest BCUT2D eigenvalue weighted by molar-refractivity contribution is -0.131. The Morgan fingerprint density at radius 1 is 1.08 bits per heavy atom. The van der Waals surface area contributed by atoms with Gasteiger partial charge in [-0.05, 0) is 44.0 Å². The van der Waals surface area contributed by atoms with Gasteiger partial charge in [0.05, 0.1) is 10.4 Å². The molecule has 1 aromatic heterocycles. The van der Waals surface area contributed by atoms with Crippen LogP contribution >= 0.6 is 0 Å². The number of para-hydroxylation sites is 1. The first-order valence-corrected chi connectivity index (χ1v) is 9.50. The van der Waals surface area contributed by atoms with Gasteiger partial charge in [-0.2, -0.15) is 0 Å². The van der Waals surface area contributed by atoms with E-state index in [0.717, 1.165) is 11.6 Å². The van der Waals surface area contributed by atoms with E-state index in [1.807, 2.05) is 19.1 Å². The highest BCUT2D eigenvalue weighted by atomic mass is 32.2. The molecule has 1 N–H and O–H groups in total. The molecule has 3 rings (SSSR count). The fourth-order valence-corrected chi connectivity index (χ4v) is 5.14. The van der Waals surface area contributed by atoms with E-state index in [2.05, 4.69) is 0 Å². The molecule has 0 amide bonds. The molecule has 0 aliphatic carbocycles. The van der Waals surface area contributed by atoms with Crippen LogP contribution in [0.2, 0.25) is 0 Å². The molecule has 2 aromatic carbocycles. The Balaban J connectivity index is 2.30. The third-order valence-electron chi connectivity index (χ3n) is 4.24. The van der Waals surface area contributed by atoms with Crippen molar-refractivity contribution in [3.8, 4) is 0 Å². The Bertz CT molecular complexity index is 1130. The minimum absolute atomic E-state index is 0.276. The van der Waals surface area contributed by atoms with Gasteiger partial charge in [-0.3, -0.25) is 0 Å². The highest BCUT2D eigenvalue weighted by Crippen LogP contribution is 2.30. The van der Waals surface area contributed by atoms with Crippen molar-refractivity contribution in [1.82, 2.24) is 3.97 Å². The number of carboxylic acid groups (broad SMARTS) is 1. The average Bonchev–Trinajstić information content (AvgIpc) is 2.91. The fourth-order valence-electron chi connectivity index (χ4n) is 3.34. The molecule has 0 fully saturated rings. The molecule has 134 valence electrons. The van der Waals surface area contributed by atoms with E-state index in [9.17, 15) is 13.2 Å². The Hall–Kier alpha value is -2.86. The zero-order chi connectivity index (χ0) is 19.1. The molecule has 5 nitrogen and oxygen atoms in total. The molecule has 0 aliphatic heterocycles. The zero-order valence-electron chi connectivity index (χ0n) is 14.7. The maximum absolute atomic E-state index is 13.4. The highest BCUT2D eigenvalue weighted by Gasteiger charge is 2.24. The quantitative estimate of drug-likeness (QED) is 0.708. The summed E-state index contributed by atoms with van der Waals surface area (Å²) in [6.45, 7) is 5.49. The lowest BCUT2D eigenvalue weighted by Crippen LogP contribution is -2.15. The molecular formula is C20H19NO4S. The normalized spacial score (nSPS) is 12.1. The number of fused-ring (bicyclic) bond motifs is 1. The van der Waals surface area contributed by atoms with Crippen molar-refractivity contribution in [3.05, 3.63) is 70.9 Å². The Morgan fingerprint density at radius 3 is 2.31 bits per heavy atom. The van der Waals surface area contributed by atoms with Crippen molar-refractivity contribution >= 4 is 33.0 Å². The molecule has 0 aliphatic rings. The van der Waals surface area contributed by atoms with E-state index in [0.29, 0.717) is 27.6 Å². The smallest absolute Gasteiger partial charge is 0.328 e. The van der Waals surface area contributed by atoms with Gasteiger partial charge >= 0.3 is 5.97 Å². The van der Waals surface area contributed by atoms with E-state index in [-0.39, 0.29) is 4.90 Å². The van der Waals surface area contributed by atoms with Gasteiger partial charge in [0.25, 0.3) is 10.0 Å². The first-order chi connectivity index (χ1) is 12.2. The number of hydrogen-bond acceptors (Lipinski definition) is 3. The molecule has 6 heteroatoms. The van der Waals surface area contributed by atoms with Crippen LogP contribution in [0.15, 0.2) is 53.6 Å². The van der Waals surface area contributed by atoms with Crippen LogP contribution in [-0.4, -0.2) is 23.5 Å². The number of nitrogens with zero attached hydrogens (tertiary/aromatic N) is 1. The summed E-state index contributed by atoms with van der Waals surface area (Å²) in [4.78, 5) is 11.1. The van der Waals surface area contributed by atoms with Gasteiger partial charge in [0.15, 0.2) is 0 Å². The van der Waals surface area contributed by atoms with Gasteiger partial charge in [-0.1, -0.05) is 35.9 Å². The molecule has 0 unspecified atom stereocenters. The van der Waals surface area contributed by atoms with Crippen molar-refractivity contribution in [2.24, 2.45) is 0 Å². The van der Waals surface area contributed by atoms with Gasteiger partial charge in [-0.25, -0.2) is 17.2 Å². The number of carboxylic acids is 1. The number of aliphatic carboxylic acids is 1. The summed E-state index contributed by atoms with van der Waals surface area (Å²) in [7, 11) is -3.83. The number of aromatic nitrogens is 1. The van der Waals surface area contributed by atoms with Crippen molar-refractivity contribution < 1.29 is 18.3 Å². The standard InChI is InChI=1S/C20H19NO4S/c1-13-10-14(2)20(15(3)11-13)26(24,25)21-12-16(8-9-19(22)23)17-6-4-5-7-18(17)21/h4-12H,1-3H3,(H,22,23).